The van der Waals surface area contributed by atoms with Crippen molar-refractivity contribution in [2.75, 3.05) is 13.2 Å². The Balaban J connectivity index is 1.96. The van der Waals surface area contributed by atoms with E-state index >= 15 is 0 Å². The van der Waals surface area contributed by atoms with Crippen LogP contribution in [0.4, 0.5) is 0 Å². The summed E-state index contributed by atoms with van der Waals surface area (Å²) in [4.78, 5) is 4.75. The molecule has 15 heavy (non-hydrogen) atoms. The topological polar surface area (TPSA) is 71.4 Å². The molecular weight excluding hydrogens is 202 g/mol. The number of hydrogen-bond acceptors (Lipinski definition) is 6. The predicted octanol–water partition coefficient (Wildman–Crippen LogP) is 0.437. The molecule has 0 bridgehead atoms. The molecule has 0 saturated carbocycles. The largest absolute Gasteiger partial charge is 0.372 e. The van der Waals surface area contributed by atoms with Crippen molar-refractivity contribution >= 4 is 0 Å². The van der Waals surface area contributed by atoms with Gasteiger partial charge in [-0.15, -0.1) is 0 Å². The molecule has 0 aliphatic carbocycles. The lowest BCUT2D eigenvalue weighted by Gasteiger charge is -2.19. The van der Waals surface area contributed by atoms with Gasteiger partial charge in [-0.1, -0.05) is 13.8 Å². The van der Waals surface area contributed by atoms with Gasteiger partial charge in [0.05, 0.1) is 24.7 Å². The fourth-order valence-corrected chi connectivity index (χ4v) is 2.28. The van der Waals surface area contributed by atoms with Gasteiger partial charge >= 0.3 is 0 Å². The first-order chi connectivity index (χ1) is 7.09. The summed E-state index contributed by atoms with van der Waals surface area (Å²) in [5.74, 6) is 0.840. The van der Waals surface area contributed by atoms with Gasteiger partial charge in [-0.05, 0) is 5.92 Å². The van der Waals surface area contributed by atoms with E-state index < -0.39 is 6.10 Å². The van der Waals surface area contributed by atoms with E-state index in [1.165, 1.54) is 0 Å². The third-order valence-corrected chi connectivity index (χ3v) is 3.13. The molecule has 0 radical (unpaired) electrons. The highest BCUT2D eigenvalue weighted by molar-refractivity contribution is 4.95. The third-order valence-electron chi connectivity index (χ3n) is 3.13. The maximum Gasteiger partial charge on any atom is 0.136 e. The maximum absolute atomic E-state index is 8.56. The summed E-state index contributed by atoms with van der Waals surface area (Å²) in [7, 11) is 0. The van der Waals surface area contributed by atoms with Crippen LogP contribution in [-0.2, 0) is 14.3 Å². The molecule has 2 heterocycles. The highest BCUT2D eigenvalue weighted by Gasteiger charge is 2.49. The van der Waals surface area contributed by atoms with Crippen LogP contribution in [-0.4, -0.2) is 47.3 Å². The van der Waals surface area contributed by atoms with Gasteiger partial charge in [-0.2, -0.15) is 0 Å². The Bertz CT molecular complexity index is 223. The van der Waals surface area contributed by atoms with Crippen LogP contribution in [0.15, 0.2) is 0 Å². The molecule has 2 rings (SSSR count). The van der Waals surface area contributed by atoms with Crippen molar-refractivity contribution in [1.82, 2.24) is 5.39 Å². The van der Waals surface area contributed by atoms with Crippen molar-refractivity contribution in [3.05, 3.63) is 0 Å². The molecule has 88 valence electrons. The average molecular weight is 219 g/mol. The van der Waals surface area contributed by atoms with Crippen LogP contribution >= 0.6 is 0 Å². The van der Waals surface area contributed by atoms with Gasteiger partial charge in [0.25, 0.3) is 0 Å². The summed E-state index contributed by atoms with van der Waals surface area (Å²) in [6.07, 6.45) is -0.622. The standard InChI is InChI=1S/C9H17NO5/c1-5(2)6-3-13-9-7(15-10(11)12)4-14-8(6)9/h5-9,11-12H,3-4H2,1-2H3/t6?,7-,8-,9-/m1/s1. The van der Waals surface area contributed by atoms with E-state index in [2.05, 4.69) is 13.8 Å². The van der Waals surface area contributed by atoms with Crippen LogP contribution < -0.4 is 0 Å². The minimum atomic E-state index is -0.436. The van der Waals surface area contributed by atoms with Gasteiger partial charge < -0.3 is 9.47 Å². The van der Waals surface area contributed by atoms with Crippen molar-refractivity contribution < 1.29 is 24.7 Å². The van der Waals surface area contributed by atoms with E-state index in [0.29, 0.717) is 25.0 Å². The second-order valence-corrected chi connectivity index (χ2v) is 4.40. The molecule has 2 aliphatic rings. The fourth-order valence-electron chi connectivity index (χ4n) is 2.28. The van der Waals surface area contributed by atoms with Crippen LogP contribution in [0.2, 0.25) is 0 Å². The van der Waals surface area contributed by atoms with Gasteiger partial charge in [-0.3, -0.25) is 10.4 Å². The summed E-state index contributed by atoms with van der Waals surface area (Å²) < 4.78 is 11.1. The smallest absolute Gasteiger partial charge is 0.136 e. The zero-order valence-electron chi connectivity index (χ0n) is 8.87. The van der Waals surface area contributed by atoms with Gasteiger partial charge in [0.15, 0.2) is 0 Å². The van der Waals surface area contributed by atoms with Crippen LogP contribution in [0.25, 0.3) is 0 Å². The number of rotatable bonds is 3. The molecule has 2 aliphatic heterocycles. The highest BCUT2D eigenvalue weighted by Crippen LogP contribution is 2.36. The van der Waals surface area contributed by atoms with Crippen molar-refractivity contribution in [3.63, 3.8) is 0 Å². The number of fused-ring (bicyclic) bond motifs is 1. The molecule has 2 saturated heterocycles. The molecular formula is C9H17NO5. The van der Waals surface area contributed by atoms with E-state index in [-0.39, 0.29) is 17.6 Å². The Labute approximate surface area is 88.2 Å². The summed E-state index contributed by atoms with van der Waals surface area (Å²) in [5, 5.41) is 16.9. The van der Waals surface area contributed by atoms with E-state index in [9.17, 15) is 0 Å². The molecule has 0 spiro atoms. The van der Waals surface area contributed by atoms with Crippen LogP contribution in [0.1, 0.15) is 13.8 Å². The summed E-state index contributed by atoms with van der Waals surface area (Å²) in [6, 6.07) is 0. The van der Waals surface area contributed by atoms with Crippen molar-refractivity contribution in [3.8, 4) is 0 Å². The van der Waals surface area contributed by atoms with Gasteiger partial charge in [-0.25, -0.2) is 4.84 Å². The average Bonchev–Trinajstić information content (AvgIpc) is 2.66. The molecule has 2 N–H and O–H groups in total. The molecule has 2 fully saturated rings. The maximum atomic E-state index is 8.56. The zero-order chi connectivity index (χ0) is 11.0. The van der Waals surface area contributed by atoms with Gasteiger partial charge in [0.1, 0.15) is 12.2 Å². The third kappa shape index (κ3) is 2.15. The van der Waals surface area contributed by atoms with Crippen LogP contribution in [0, 0.1) is 11.8 Å². The minimum absolute atomic E-state index is 0.00921. The zero-order valence-corrected chi connectivity index (χ0v) is 8.87. The lowest BCUT2D eigenvalue weighted by molar-refractivity contribution is -0.507. The molecule has 0 aromatic rings. The SMILES string of the molecule is CC(C)C1CO[C@H]2[C@@H]1OC[C@H]2ON(O)O. The lowest BCUT2D eigenvalue weighted by atomic mass is 9.90. The summed E-state index contributed by atoms with van der Waals surface area (Å²) in [6.45, 7) is 5.22. The van der Waals surface area contributed by atoms with Crippen LogP contribution in [0.3, 0.4) is 0 Å². The molecule has 0 amide bonds. The molecule has 4 atom stereocenters. The van der Waals surface area contributed by atoms with Crippen molar-refractivity contribution in [2.45, 2.75) is 32.2 Å². The monoisotopic (exact) mass is 219 g/mol. The minimum Gasteiger partial charge on any atom is -0.372 e. The normalized spacial score (nSPS) is 40.4. The summed E-state index contributed by atoms with van der Waals surface area (Å²) >= 11 is 0. The molecule has 0 aromatic heterocycles. The van der Waals surface area contributed by atoms with E-state index in [1.54, 1.807) is 0 Å². The molecule has 0 aromatic carbocycles. The Kier molecular flexibility index (Phi) is 3.24. The van der Waals surface area contributed by atoms with Crippen molar-refractivity contribution in [2.24, 2.45) is 11.8 Å². The lowest BCUT2D eigenvalue weighted by Crippen LogP contribution is -2.36. The molecule has 1 unspecified atom stereocenters. The van der Waals surface area contributed by atoms with Crippen molar-refractivity contribution in [1.29, 1.82) is 0 Å². The van der Waals surface area contributed by atoms with Gasteiger partial charge in [0.2, 0.25) is 0 Å². The van der Waals surface area contributed by atoms with E-state index in [4.69, 9.17) is 24.7 Å². The second-order valence-electron chi connectivity index (χ2n) is 4.40. The predicted molar refractivity (Wildman–Crippen MR) is 48.1 cm³/mol. The first-order valence-electron chi connectivity index (χ1n) is 5.17. The Morgan fingerprint density at radius 1 is 1.20 bits per heavy atom. The Hall–Kier alpha value is -0.240. The van der Waals surface area contributed by atoms with Gasteiger partial charge in [0, 0.05) is 5.92 Å². The molecule has 6 nitrogen and oxygen atoms in total. The summed E-state index contributed by atoms with van der Waals surface area (Å²) in [5.41, 5.74) is 0. The fraction of sp³-hybridized carbons (Fsp3) is 1.00. The van der Waals surface area contributed by atoms with E-state index in [1.807, 2.05) is 0 Å². The highest BCUT2D eigenvalue weighted by atomic mass is 17.1. The Morgan fingerprint density at radius 3 is 2.47 bits per heavy atom. The molecule has 6 heteroatoms. The first-order valence-corrected chi connectivity index (χ1v) is 5.17. The van der Waals surface area contributed by atoms with Crippen LogP contribution in [0.5, 0.6) is 0 Å². The quantitative estimate of drug-likeness (QED) is 0.671. The number of hydrogen-bond donors (Lipinski definition) is 2. The number of nitrogens with zero attached hydrogens (tertiary/aromatic N) is 1. The van der Waals surface area contributed by atoms with E-state index in [0.717, 1.165) is 0 Å². The first kappa shape index (κ1) is 11.3. The number of ether oxygens (including phenoxy) is 2. The second kappa shape index (κ2) is 4.32. The Morgan fingerprint density at radius 2 is 1.87 bits per heavy atom.